The van der Waals surface area contributed by atoms with E-state index in [0.717, 1.165) is 6.42 Å². The lowest BCUT2D eigenvalue weighted by Gasteiger charge is -2.34. The van der Waals surface area contributed by atoms with Gasteiger partial charge in [-0.2, -0.15) is 0 Å². The molecule has 4 nitrogen and oxygen atoms in total. The van der Waals surface area contributed by atoms with Gasteiger partial charge in [0, 0.05) is 12.1 Å². The summed E-state index contributed by atoms with van der Waals surface area (Å²) in [5.74, 6) is 1.33. The fourth-order valence-electron chi connectivity index (χ4n) is 2.77. The molecule has 0 aliphatic carbocycles. The first kappa shape index (κ1) is 18.8. The van der Waals surface area contributed by atoms with Crippen molar-refractivity contribution in [3.63, 3.8) is 0 Å². The molecule has 0 fully saturated rings. The van der Waals surface area contributed by atoms with E-state index in [2.05, 4.69) is 39.9 Å². The molecule has 2 N–H and O–H groups in total. The van der Waals surface area contributed by atoms with Crippen LogP contribution in [0.3, 0.4) is 0 Å². The standard InChI is InChI=1S/C18H31NO3/c1-17(2,3)13-18(4,5)19-11-14(20)12-22-16-10-8-7-9-15(16)21-6/h7-10,14,19-20H,11-13H2,1-6H3/t14-/m0/s1. The first-order chi connectivity index (χ1) is 10.1. The van der Waals surface area contributed by atoms with E-state index in [1.807, 2.05) is 24.3 Å². The summed E-state index contributed by atoms with van der Waals surface area (Å²) in [6.07, 6.45) is 0.462. The van der Waals surface area contributed by atoms with E-state index in [1.165, 1.54) is 0 Å². The first-order valence-electron chi connectivity index (χ1n) is 7.82. The van der Waals surface area contributed by atoms with Crippen LogP contribution in [0.25, 0.3) is 0 Å². The summed E-state index contributed by atoms with van der Waals surface area (Å²) in [5.41, 5.74) is 0.221. The van der Waals surface area contributed by atoms with Crippen LogP contribution in [0.4, 0.5) is 0 Å². The van der Waals surface area contributed by atoms with Crippen LogP contribution in [-0.4, -0.2) is 37.0 Å². The van der Waals surface area contributed by atoms with Crippen molar-refractivity contribution in [2.45, 2.75) is 52.7 Å². The predicted molar refractivity (Wildman–Crippen MR) is 90.6 cm³/mol. The Morgan fingerprint density at radius 1 is 1.09 bits per heavy atom. The van der Waals surface area contributed by atoms with Gasteiger partial charge in [-0.05, 0) is 37.8 Å². The minimum Gasteiger partial charge on any atom is -0.493 e. The van der Waals surface area contributed by atoms with Gasteiger partial charge in [-0.1, -0.05) is 32.9 Å². The number of methoxy groups -OCH3 is 1. The van der Waals surface area contributed by atoms with E-state index in [1.54, 1.807) is 7.11 Å². The molecule has 1 aromatic carbocycles. The highest BCUT2D eigenvalue weighted by Crippen LogP contribution is 2.27. The highest BCUT2D eigenvalue weighted by molar-refractivity contribution is 5.39. The molecule has 0 unspecified atom stereocenters. The maximum Gasteiger partial charge on any atom is 0.161 e. The van der Waals surface area contributed by atoms with Gasteiger partial charge in [0.15, 0.2) is 11.5 Å². The molecule has 0 radical (unpaired) electrons. The minimum atomic E-state index is -0.566. The molecule has 0 bridgehead atoms. The largest absolute Gasteiger partial charge is 0.493 e. The Morgan fingerprint density at radius 2 is 1.68 bits per heavy atom. The van der Waals surface area contributed by atoms with Crippen molar-refractivity contribution in [1.29, 1.82) is 0 Å². The second-order valence-electron chi connectivity index (χ2n) is 7.62. The third-order valence-corrected chi connectivity index (χ3v) is 3.29. The number of β-amino-alcohol motifs (C(OH)–C–C–N with tert-alkyl or cyclic N) is 1. The zero-order valence-electron chi connectivity index (χ0n) is 14.8. The molecule has 22 heavy (non-hydrogen) atoms. The summed E-state index contributed by atoms with van der Waals surface area (Å²) in [6.45, 7) is 11.7. The van der Waals surface area contributed by atoms with Crippen molar-refractivity contribution < 1.29 is 14.6 Å². The molecule has 1 atom stereocenters. The Morgan fingerprint density at radius 3 is 2.23 bits per heavy atom. The molecular formula is C18H31NO3. The molecule has 0 amide bonds. The smallest absolute Gasteiger partial charge is 0.161 e. The maximum absolute atomic E-state index is 10.1. The lowest BCUT2D eigenvalue weighted by atomic mass is 9.82. The Kier molecular flexibility index (Phi) is 6.69. The van der Waals surface area contributed by atoms with E-state index < -0.39 is 6.10 Å². The monoisotopic (exact) mass is 309 g/mol. The van der Waals surface area contributed by atoms with Crippen LogP contribution in [0.5, 0.6) is 11.5 Å². The quantitative estimate of drug-likeness (QED) is 0.774. The highest BCUT2D eigenvalue weighted by atomic mass is 16.5. The van der Waals surface area contributed by atoms with Crippen LogP contribution in [0.2, 0.25) is 0 Å². The zero-order valence-corrected chi connectivity index (χ0v) is 14.8. The van der Waals surface area contributed by atoms with Gasteiger partial charge in [0.05, 0.1) is 7.11 Å². The molecule has 1 aromatic rings. The second kappa shape index (κ2) is 7.84. The molecule has 0 saturated carbocycles. The van der Waals surface area contributed by atoms with Gasteiger partial charge in [0.2, 0.25) is 0 Å². The SMILES string of the molecule is COc1ccccc1OC[C@@H](O)CNC(C)(C)CC(C)(C)C. The number of ether oxygens (including phenoxy) is 2. The van der Waals surface area contributed by atoms with Crippen LogP contribution in [0.1, 0.15) is 41.0 Å². The lowest BCUT2D eigenvalue weighted by molar-refractivity contribution is 0.0930. The number of para-hydroxylation sites is 2. The van der Waals surface area contributed by atoms with Crippen LogP contribution in [-0.2, 0) is 0 Å². The van der Waals surface area contributed by atoms with E-state index in [0.29, 0.717) is 18.0 Å². The molecule has 0 heterocycles. The number of rotatable bonds is 8. The third-order valence-electron chi connectivity index (χ3n) is 3.29. The number of aliphatic hydroxyl groups is 1. The average Bonchev–Trinajstić information content (AvgIpc) is 2.40. The van der Waals surface area contributed by atoms with Gasteiger partial charge < -0.3 is 19.9 Å². The van der Waals surface area contributed by atoms with Gasteiger partial charge >= 0.3 is 0 Å². The van der Waals surface area contributed by atoms with Gasteiger partial charge in [0.25, 0.3) is 0 Å². The predicted octanol–water partition coefficient (Wildman–Crippen LogP) is 3.24. The van der Waals surface area contributed by atoms with Gasteiger partial charge in [-0.15, -0.1) is 0 Å². The normalized spacial score (nSPS) is 13.8. The zero-order chi connectivity index (χ0) is 16.8. The van der Waals surface area contributed by atoms with E-state index in [4.69, 9.17) is 9.47 Å². The third kappa shape index (κ3) is 7.14. The van der Waals surface area contributed by atoms with Crippen LogP contribution < -0.4 is 14.8 Å². The Labute approximate surface area is 134 Å². The molecule has 0 saturated heterocycles. The van der Waals surface area contributed by atoms with E-state index in [9.17, 15) is 5.11 Å². The molecule has 4 heteroatoms. The van der Waals surface area contributed by atoms with Gasteiger partial charge in [-0.25, -0.2) is 0 Å². The average molecular weight is 309 g/mol. The summed E-state index contributed by atoms with van der Waals surface area (Å²) in [6, 6.07) is 7.45. The highest BCUT2D eigenvalue weighted by Gasteiger charge is 2.25. The Hall–Kier alpha value is -1.26. The number of hydrogen-bond acceptors (Lipinski definition) is 4. The van der Waals surface area contributed by atoms with Gasteiger partial charge in [-0.3, -0.25) is 0 Å². The van der Waals surface area contributed by atoms with Crippen LogP contribution in [0.15, 0.2) is 24.3 Å². The number of aliphatic hydroxyl groups excluding tert-OH is 1. The minimum absolute atomic E-state index is 0.0241. The summed E-state index contributed by atoms with van der Waals surface area (Å²) in [5, 5.41) is 13.5. The van der Waals surface area contributed by atoms with E-state index >= 15 is 0 Å². The van der Waals surface area contributed by atoms with Crippen molar-refractivity contribution in [2.24, 2.45) is 5.41 Å². The molecule has 0 aliphatic heterocycles. The molecule has 0 aliphatic rings. The molecule has 0 aromatic heterocycles. The number of hydrogen-bond donors (Lipinski definition) is 2. The molecular weight excluding hydrogens is 278 g/mol. The topological polar surface area (TPSA) is 50.7 Å². The van der Waals surface area contributed by atoms with E-state index in [-0.39, 0.29) is 17.6 Å². The fraction of sp³-hybridized carbons (Fsp3) is 0.667. The maximum atomic E-state index is 10.1. The number of benzene rings is 1. The van der Waals surface area contributed by atoms with Crippen molar-refractivity contribution in [2.75, 3.05) is 20.3 Å². The molecule has 1 rings (SSSR count). The Balaban J connectivity index is 2.42. The fourth-order valence-corrected chi connectivity index (χ4v) is 2.77. The number of nitrogens with one attached hydrogen (secondary N) is 1. The first-order valence-corrected chi connectivity index (χ1v) is 7.82. The van der Waals surface area contributed by atoms with Crippen molar-refractivity contribution in [1.82, 2.24) is 5.32 Å². The second-order valence-corrected chi connectivity index (χ2v) is 7.62. The lowest BCUT2D eigenvalue weighted by Crippen LogP contribution is -2.46. The molecule has 126 valence electrons. The van der Waals surface area contributed by atoms with Crippen LogP contribution in [0, 0.1) is 5.41 Å². The van der Waals surface area contributed by atoms with Crippen molar-refractivity contribution >= 4 is 0 Å². The summed E-state index contributed by atoms with van der Waals surface area (Å²) < 4.78 is 10.9. The summed E-state index contributed by atoms with van der Waals surface area (Å²) in [4.78, 5) is 0. The van der Waals surface area contributed by atoms with Gasteiger partial charge in [0.1, 0.15) is 12.7 Å². The Bertz CT molecular complexity index is 452. The van der Waals surface area contributed by atoms with Crippen molar-refractivity contribution in [3.05, 3.63) is 24.3 Å². The summed E-state index contributed by atoms with van der Waals surface area (Å²) >= 11 is 0. The van der Waals surface area contributed by atoms with Crippen molar-refractivity contribution in [3.8, 4) is 11.5 Å². The van der Waals surface area contributed by atoms with Crippen LogP contribution >= 0.6 is 0 Å². The summed E-state index contributed by atoms with van der Waals surface area (Å²) in [7, 11) is 1.61. The molecule has 0 spiro atoms.